The number of nitrogens with zero attached hydrogens (tertiary/aromatic N) is 3. The van der Waals surface area contributed by atoms with E-state index >= 15 is 0 Å². The molecule has 1 aliphatic heterocycles. The van der Waals surface area contributed by atoms with Crippen molar-refractivity contribution in [1.29, 1.82) is 0 Å². The number of halogens is 1. The van der Waals surface area contributed by atoms with Gasteiger partial charge >= 0.3 is 0 Å². The number of nitrogens with one attached hydrogen (secondary N) is 1. The molecular weight excluding hydrogens is 368 g/mol. The Bertz CT molecular complexity index is 1040. The first kappa shape index (κ1) is 17.0. The Morgan fingerprint density at radius 3 is 2.67 bits per heavy atom. The maximum absolute atomic E-state index is 13.2. The average molecular weight is 381 g/mol. The first-order valence-electron chi connectivity index (χ1n) is 8.09. The Morgan fingerprint density at radius 1 is 1.11 bits per heavy atom. The molecule has 0 saturated carbocycles. The molecule has 7 nitrogen and oxygen atoms in total. The van der Waals surface area contributed by atoms with Crippen molar-refractivity contribution in [2.24, 2.45) is 0 Å². The van der Waals surface area contributed by atoms with Crippen molar-refractivity contribution < 1.29 is 9.72 Å². The molecule has 0 bridgehead atoms. The fraction of sp³-hybridized carbons (Fsp3) is 0.0526. The van der Waals surface area contributed by atoms with Gasteiger partial charge in [-0.1, -0.05) is 35.9 Å². The zero-order valence-corrected chi connectivity index (χ0v) is 14.6. The molecule has 8 heteroatoms. The third-order valence-electron chi connectivity index (χ3n) is 4.28. The van der Waals surface area contributed by atoms with Crippen LogP contribution in [0.15, 0.2) is 66.9 Å². The first-order chi connectivity index (χ1) is 13.0. The van der Waals surface area contributed by atoms with Gasteiger partial charge in [-0.25, -0.2) is 4.98 Å². The number of benzene rings is 2. The number of pyridine rings is 1. The highest BCUT2D eigenvalue weighted by Crippen LogP contribution is 2.36. The van der Waals surface area contributed by atoms with Gasteiger partial charge in [0.25, 0.3) is 11.6 Å². The lowest BCUT2D eigenvalue weighted by Gasteiger charge is -2.37. The van der Waals surface area contributed by atoms with Gasteiger partial charge < -0.3 is 5.32 Å². The van der Waals surface area contributed by atoms with Crippen molar-refractivity contribution >= 4 is 34.7 Å². The molecule has 1 N–H and O–H groups in total. The molecule has 134 valence electrons. The van der Waals surface area contributed by atoms with Crippen LogP contribution in [0.4, 0.5) is 17.2 Å². The van der Waals surface area contributed by atoms with E-state index < -0.39 is 11.1 Å². The Labute approximate surface area is 159 Å². The highest BCUT2D eigenvalue weighted by atomic mass is 35.5. The summed E-state index contributed by atoms with van der Waals surface area (Å²) in [5.74, 6) is 0.138. The monoisotopic (exact) mass is 380 g/mol. The molecule has 0 radical (unpaired) electrons. The van der Waals surface area contributed by atoms with E-state index in [9.17, 15) is 14.9 Å². The minimum absolute atomic E-state index is 0.0513. The second kappa shape index (κ2) is 6.69. The molecule has 0 saturated heterocycles. The summed E-state index contributed by atoms with van der Waals surface area (Å²) in [5, 5.41) is 14.9. The zero-order chi connectivity index (χ0) is 19.0. The number of carbonyl (C=O) groups is 1. The van der Waals surface area contributed by atoms with Crippen molar-refractivity contribution in [3.8, 4) is 0 Å². The summed E-state index contributed by atoms with van der Waals surface area (Å²) < 4.78 is 0. The van der Waals surface area contributed by atoms with Gasteiger partial charge in [0.2, 0.25) is 0 Å². The minimum atomic E-state index is -0.652. The third-order valence-corrected chi connectivity index (χ3v) is 4.51. The number of nitro benzene ring substituents is 1. The SMILES string of the molecule is O=C1c2ccccc2NC(c2cccc([N+](=O)[O-])c2)N1c1ccc(Cl)cn1. The number of rotatable bonds is 3. The van der Waals surface area contributed by atoms with Crippen LogP contribution in [0.25, 0.3) is 0 Å². The van der Waals surface area contributed by atoms with Crippen LogP contribution in [0.5, 0.6) is 0 Å². The number of para-hydroxylation sites is 1. The van der Waals surface area contributed by atoms with E-state index in [0.29, 0.717) is 27.7 Å². The topological polar surface area (TPSA) is 88.4 Å². The van der Waals surface area contributed by atoms with Gasteiger partial charge in [-0.15, -0.1) is 0 Å². The second-order valence-electron chi connectivity index (χ2n) is 5.95. The van der Waals surface area contributed by atoms with Gasteiger partial charge in [0.1, 0.15) is 12.0 Å². The molecule has 0 spiro atoms. The van der Waals surface area contributed by atoms with Crippen molar-refractivity contribution in [3.05, 3.63) is 93.1 Å². The number of anilines is 2. The lowest BCUT2D eigenvalue weighted by atomic mass is 10.0. The normalized spacial score (nSPS) is 15.8. The number of carbonyl (C=O) groups excluding carboxylic acids is 1. The summed E-state index contributed by atoms with van der Waals surface area (Å²) in [4.78, 5) is 29.6. The fourth-order valence-corrected chi connectivity index (χ4v) is 3.15. The second-order valence-corrected chi connectivity index (χ2v) is 6.39. The summed E-state index contributed by atoms with van der Waals surface area (Å²) in [6, 6.07) is 16.6. The molecule has 1 unspecified atom stereocenters. The minimum Gasteiger partial charge on any atom is -0.360 e. The first-order valence-corrected chi connectivity index (χ1v) is 8.47. The Morgan fingerprint density at radius 2 is 1.93 bits per heavy atom. The van der Waals surface area contributed by atoms with Gasteiger partial charge in [-0.2, -0.15) is 0 Å². The third kappa shape index (κ3) is 3.09. The largest absolute Gasteiger partial charge is 0.360 e. The number of non-ortho nitro benzene ring substituents is 1. The Hall–Kier alpha value is -3.45. The maximum atomic E-state index is 13.2. The lowest BCUT2D eigenvalue weighted by molar-refractivity contribution is -0.384. The predicted molar refractivity (Wildman–Crippen MR) is 102 cm³/mol. The summed E-state index contributed by atoms with van der Waals surface area (Å²) in [5.41, 5.74) is 1.67. The number of hydrogen-bond acceptors (Lipinski definition) is 5. The quantitative estimate of drug-likeness (QED) is 0.537. The molecule has 0 aliphatic carbocycles. The predicted octanol–water partition coefficient (Wildman–Crippen LogP) is 4.41. The summed E-state index contributed by atoms with van der Waals surface area (Å²) >= 11 is 5.92. The molecule has 1 aromatic heterocycles. The van der Waals surface area contributed by atoms with Crippen LogP contribution in [0, 0.1) is 10.1 Å². The van der Waals surface area contributed by atoms with E-state index in [1.165, 1.54) is 23.2 Å². The molecule has 1 amide bonds. The molecule has 3 aromatic rings. The molecule has 2 heterocycles. The van der Waals surface area contributed by atoms with E-state index in [2.05, 4.69) is 10.3 Å². The smallest absolute Gasteiger partial charge is 0.269 e. The van der Waals surface area contributed by atoms with Gasteiger partial charge in [0.15, 0.2) is 0 Å². The van der Waals surface area contributed by atoms with Crippen LogP contribution < -0.4 is 10.2 Å². The van der Waals surface area contributed by atoms with Gasteiger partial charge in [-0.3, -0.25) is 19.8 Å². The van der Waals surface area contributed by atoms with Crippen molar-refractivity contribution in [1.82, 2.24) is 4.98 Å². The number of nitro groups is 1. The molecule has 1 atom stereocenters. The summed E-state index contributed by atoms with van der Waals surface area (Å²) in [6.07, 6.45) is 0.802. The summed E-state index contributed by atoms with van der Waals surface area (Å²) in [6.45, 7) is 0. The zero-order valence-electron chi connectivity index (χ0n) is 13.9. The molecule has 2 aromatic carbocycles. The molecule has 4 rings (SSSR count). The van der Waals surface area contributed by atoms with Crippen LogP contribution >= 0.6 is 11.6 Å². The van der Waals surface area contributed by atoms with Crippen LogP contribution in [0.2, 0.25) is 5.02 Å². The van der Waals surface area contributed by atoms with Gasteiger partial charge in [-0.05, 0) is 24.3 Å². The van der Waals surface area contributed by atoms with Gasteiger partial charge in [0.05, 0.1) is 15.5 Å². The van der Waals surface area contributed by atoms with Crippen LogP contribution in [-0.2, 0) is 0 Å². The van der Waals surface area contributed by atoms with Crippen LogP contribution in [0.3, 0.4) is 0 Å². The lowest BCUT2D eigenvalue weighted by Crippen LogP contribution is -2.43. The fourth-order valence-electron chi connectivity index (χ4n) is 3.04. The summed E-state index contributed by atoms with van der Waals surface area (Å²) in [7, 11) is 0. The number of fused-ring (bicyclic) bond motifs is 1. The Balaban J connectivity index is 1.86. The number of aromatic nitrogens is 1. The van der Waals surface area contributed by atoms with Crippen LogP contribution in [-0.4, -0.2) is 15.8 Å². The van der Waals surface area contributed by atoms with Crippen LogP contribution in [0.1, 0.15) is 22.1 Å². The standard InChI is InChI=1S/C19H13ClN4O3/c20-13-8-9-17(21-11-13)23-18(12-4-3-5-14(10-12)24(26)27)22-16-7-2-1-6-15(16)19(23)25/h1-11,18,22H. The van der Waals surface area contributed by atoms with Crippen molar-refractivity contribution in [2.75, 3.05) is 10.2 Å². The Kier molecular flexibility index (Phi) is 4.21. The highest BCUT2D eigenvalue weighted by molar-refractivity contribution is 6.30. The van der Waals surface area contributed by atoms with E-state index in [1.54, 1.807) is 42.5 Å². The molecule has 0 fully saturated rings. The van der Waals surface area contributed by atoms with E-state index in [1.807, 2.05) is 6.07 Å². The van der Waals surface area contributed by atoms with Crippen molar-refractivity contribution in [3.63, 3.8) is 0 Å². The number of amides is 1. The molecule has 1 aliphatic rings. The number of hydrogen-bond donors (Lipinski definition) is 1. The highest BCUT2D eigenvalue weighted by Gasteiger charge is 2.35. The van der Waals surface area contributed by atoms with E-state index in [-0.39, 0.29) is 11.6 Å². The van der Waals surface area contributed by atoms with Gasteiger partial charge in [0, 0.05) is 29.6 Å². The molecule has 27 heavy (non-hydrogen) atoms. The average Bonchev–Trinajstić information content (AvgIpc) is 2.69. The van der Waals surface area contributed by atoms with E-state index in [4.69, 9.17) is 11.6 Å². The van der Waals surface area contributed by atoms with E-state index in [0.717, 1.165) is 0 Å². The molecular formula is C19H13ClN4O3. The maximum Gasteiger partial charge on any atom is 0.269 e. The van der Waals surface area contributed by atoms with Crippen molar-refractivity contribution in [2.45, 2.75) is 6.17 Å².